The smallest absolute Gasteiger partial charge is 0.148 e. The van der Waals surface area contributed by atoms with E-state index in [1.165, 1.54) is 5.69 Å². The highest BCUT2D eigenvalue weighted by Gasteiger charge is 2.06. The fourth-order valence-corrected chi connectivity index (χ4v) is 2.22. The van der Waals surface area contributed by atoms with Gasteiger partial charge >= 0.3 is 0 Å². The van der Waals surface area contributed by atoms with Gasteiger partial charge in [-0.15, -0.1) is 0 Å². The molecule has 0 unspecified atom stereocenters. The van der Waals surface area contributed by atoms with Crippen molar-refractivity contribution in [2.24, 2.45) is 0 Å². The van der Waals surface area contributed by atoms with Gasteiger partial charge in [0.05, 0.1) is 5.56 Å². The lowest BCUT2D eigenvalue weighted by Gasteiger charge is -2.21. The lowest BCUT2D eigenvalue weighted by Crippen LogP contribution is -2.21. The number of aromatic nitrogens is 1. The summed E-state index contributed by atoms with van der Waals surface area (Å²) in [5, 5.41) is 12.3. The van der Waals surface area contributed by atoms with E-state index in [1.807, 2.05) is 25.1 Å². The van der Waals surface area contributed by atoms with Gasteiger partial charge in [0.2, 0.25) is 0 Å². The highest BCUT2D eigenvalue weighted by Crippen LogP contribution is 2.22. The molecule has 0 aliphatic heterocycles. The van der Waals surface area contributed by atoms with Crippen molar-refractivity contribution < 1.29 is 0 Å². The fraction of sp³-hybridized carbons (Fsp3) is 0.294. The molecule has 0 radical (unpaired) electrons. The second kappa shape index (κ2) is 6.76. The third-order valence-electron chi connectivity index (χ3n) is 3.41. The number of hydrogen-bond acceptors (Lipinski definition) is 4. The van der Waals surface area contributed by atoms with Crippen molar-refractivity contribution in [3.8, 4) is 6.07 Å². The quantitative estimate of drug-likeness (QED) is 0.903. The molecule has 21 heavy (non-hydrogen) atoms. The number of hydrogen-bond donors (Lipinski definition) is 1. The summed E-state index contributed by atoms with van der Waals surface area (Å²) in [6.45, 7) is 8.18. The van der Waals surface area contributed by atoms with E-state index in [-0.39, 0.29) is 0 Å². The van der Waals surface area contributed by atoms with Gasteiger partial charge in [-0.1, -0.05) is 0 Å². The van der Waals surface area contributed by atoms with E-state index in [0.717, 1.165) is 24.5 Å². The van der Waals surface area contributed by atoms with Crippen LogP contribution < -0.4 is 10.2 Å². The summed E-state index contributed by atoms with van der Waals surface area (Å²) in [6.07, 6.45) is 0. The molecule has 0 aliphatic carbocycles. The van der Waals surface area contributed by atoms with Gasteiger partial charge in [0.15, 0.2) is 0 Å². The Labute approximate surface area is 126 Å². The first-order valence-corrected chi connectivity index (χ1v) is 7.17. The van der Waals surface area contributed by atoms with Crippen LogP contribution in [0.5, 0.6) is 0 Å². The van der Waals surface area contributed by atoms with E-state index in [0.29, 0.717) is 11.4 Å². The zero-order chi connectivity index (χ0) is 15.2. The van der Waals surface area contributed by atoms with Crippen LogP contribution in [0.2, 0.25) is 0 Å². The van der Waals surface area contributed by atoms with E-state index in [1.54, 1.807) is 6.07 Å². The first-order valence-electron chi connectivity index (χ1n) is 7.17. The summed E-state index contributed by atoms with van der Waals surface area (Å²) in [5.74, 6) is 0.605. The number of rotatable bonds is 5. The fourth-order valence-electron chi connectivity index (χ4n) is 2.22. The maximum atomic E-state index is 9.13. The summed E-state index contributed by atoms with van der Waals surface area (Å²) in [4.78, 5) is 6.67. The van der Waals surface area contributed by atoms with Crippen LogP contribution in [0.1, 0.15) is 25.1 Å². The minimum absolute atomic E-state index is 0.549. The second-order valence-corrected chi connectivity index (χ2v) is 4.80. The van der Waals surface area contributed by atoms with E-state index >= 15 is 0 Å². The van der Waals surface area contributed by atoms with Crippen LogP contribution in [0, 0.1) is 18.3 Å². The average Bonchev–Trinajstić information content (AvgIpc) is 2.50. The summed E-state index contributed by atoms with van der Waals surface area (Å²) >= 11 is 0. The Kier molecular flexibility index (Phi) is 4.78. The molecule has 0 saturated heterocycles. The van der Waals surface area contributed by atoms with Crippen molar-refractivity contribution in [2.45, 2.75) is 20.8 Å². The van der Waals surface area contributed by atoms with E-state index < -0.39 is 0 Å². The van der Waals surface area contributed by atoms with Crippen molar-refractivity contribution in [2.75, 3.05) is 23.3 Å². The Balaban J connectivity index is 2.21. The van der Waals surface area contributed by atoms with Crippen molar-refractivity contribution in [3.05, 3.63) is 47.7 Å². The third kappa shape index (κ3) is 3.51. The van der Waals surface area contributed by atoms with Crippen molar-refractivity contribution in [1.29, 1.82) is 5.26 Å². The molecule has 108 valence electrons. The number of benzene rings is 1. The third-order valence-corrected chi connectivity index (χ3v) is 3.41. The van der Waals surface area contributed by atoms with Gasteiger partial charge in [0.25, 0.3) is 0 Å². The maximum absolute atomic E-state index is 9.13. The van der Waals surface area contributed by atoms with Crippen LogP contribution in [0.25, 0.3) is 0 Å². The van der Waals surface area contributed by atoms with Crippen LogP contribution >= 0.6 is 0 Å². The van der Waals surface area contributed by atoms with Gasteiger partial charge < -0.3 is 10.2 Å². The molecule has 2 aromatic rings. The van der Waals surface area contributed by atoms with E-state index in [9.17, 15) is 0 Å². The molecule has 0 aliphatic rings. The van der Waals surface area contributed by atoms with E-state index in [4.69, 9.17) is 5.26 Å². The van der Waals surface area contributed by atoms with Crippen molar-refractivity contribution in [1.82, 2.24) is 4.98 Å². The molecule has 0 fully saturated rings. The molecule has 1 heterocycles. The van der Waals surface area contributed by atoms with Gasteiger partial charge in [-0.05, 0) is 57.2 Å². The Bertz CT molecular complexity index is 637. The molecule has 1 aromatic heterocycles. The summed E-state index contributed by atoms with van der Waals surface area (Å²) in [6, 6.07) is 14.0. The molecule has 0 saturated carbocycles. The Hall–Kier alpha value is -2.54. The predicted octanol–water partition coefficient (Wildman–Crippen LogP) is 3.85. The largest absolute Gasteiger partial charge is 0.372 e. The molecule has 0 atom stereocenters. The predicted molar refractivity (Wildman–Crippen MR) is 87.0 cm³/mol. The van der Waals surface area contributed by atoms with Crippen LogP contribution in [-0.2, 0) is 0 Å². The average molecular weight is 280 g/mol. The van der Waals surface area contributed by atoms with Crippen LogP contribution in [0.4, 0.5) is 17.2 Å². The zero-order valence-electron chi connectivity index (χ0n) is 12.7. The molecule has 1 N–H and O–H groups in total. The lowest BCUT2D eigenvalue weighted by molar-refractivity contribution is 0.866. The Morgan fingerprint density at radius 1 is 1.10 bits per heavy atom. The molecule has 0 spiro atoms. The van der Waals surface area contributed by atoms with E-state index in [2.05, 4.69) is 47.3 Å². The maximum Gasteiger partial charge on any atom is 0.148 e. The normalized spacial score (nSPS) is 10.0. The van der Waals surface area contributed by atoms with Gasteiger partial charge in [0, 0.05) is 30.2 Å². The highest BCUT2D eigenvalue weighted by molar-refractivity contribution is 5.65. The van der Waals surface area contributed by atoms with Crippen molar-refractivity contribution in [3.63, 3.8) is 0 Å². The molecule has 4 heteroatoms. The summed E-state index contributed by atoms with van der Waals surface area (Å²) < 4.78 is 0. The second-order valence-electron chi connectivity index (χ2n) is 4.80. The molecule has 2 rings (SSSR count). The van der Waals surface area contributed by atoms with Gasteiger partial charge in [-0.2, -0.15) is 5.26 Å². The lowest BCUT2D eigenvalue weighted by atomic mass is 10.2. The number of pyridine rings is 1. The van der Waals surface area contributed by atoms with Crippen molar-refractivity contribution >= 4 is 17.2 Å². The minimum Gasteiger partial charge on any atom is -0.372 e. The molecule has 4 nitrogen and oxygen atoms in total. The van der Waals surface area contributed by atoms with Gasteiger partial charge in [0.1, 0.15) is 11.9 Å². The molecular formula is C17H20N4. The highest BCUT2D eigenvalue weighted by atomic mass is 15.1. The number of anilines is 3. The van der Waals surface area contributed by atoms with Crippen LogP contribution in [0.15, 0.2) is 36.4 Å². The van der Waals surface area contributed by atoms with Crippen LogP contribution in [0.3, 0.4) is 0 Å². The summed E-state index contributed by atoms with van der Waals surface area (Å²) in [7, 11) is 0. The molecule has 0 amide bonds. The zero-order valence-corrected chi connectivity index (χ0v) is 12.7. The number of nitrogens with zero attached hydrogens (tertiary/aromatic N) is 3. The minimum atomic E-state index is 0.549. The first kappa shape index (κ1) is 14.9. The standard InChI is InChI=1S/C17H20N4/c1-4-21(5-2)16-10-8-15(9-11-16)20-17-14(12-18)7-6-13(3)19-17/h6-11H,4-5H2,1-3H3,(H,19,20). The molecule has 1 aromatic carbocycles. The number of aryl methyl sites for hydroxylation is 1. The topological polar surface area (TPSA) is 52.0 Å². The molecular weight excluding hydrogens is 260 g/mol. The SMILES string of the molecule is CCN(CC)c1ccc(Nc2nc(C)ccc2C#N)cc1. The Morgan fingerprint density at radius 2 is 1.76 bits per heavy atom. The number of nitriles is 1. The summed E-state index contributed by atoms with van der Waals surface area (Å²) in [5.41, 5.74) is 3.56. The van der Waals surface area contributed by atoms with Crippen LogP contribution in [-0.4, -0.2) is 18.1 Å². The molecule has 0 bridgehead atoms. The first-order chi connectivity index (χ1) is 10.2. The number of nitrogens with one attached hydrogen (secondary N) is 1. The Morgan fingerprint density at radius 3 is 2.33 bits per heavy atom. The van der Waals surface area contributed by atoms with Gasteiger partial charge in [-0.25, -0.2) is 4.98 Å². The monoisotopic (exact) mass is 280 g/mol. The van der Waals surface area contributed by atoms with Gasteiger partial charge in [-0.3, -0.25) is 0 Å².